The topological polar surface area (TPSA) is 69.7 Å². The summed E-state index contributed by atoms with van der Waals surface area (Å²) in [6.45, 7) is 1.79. The molecule has 0 radical (unpaired) electrons. The number of hydrogen-bond donors (Lipinski definition) is 1. The van der Waals surface area contributed by atoms with Crippen LogP contribution in [0.1, 0.15) is 32.1 Å². The molecule has 1 saturated carbocycles. The third kappa shape index (κ3) is 4.10. The fourth-order valence-electron chi connectivity index (χ4n) is 3.93. The highest BCUT2D eigenvalue weighted by Gasteiger charge is 2.38. The first-order valence-electron chi connectivity index (χ1n) is 9.66. The van der Waals surface area contributed by atoms with Crippen LogP contribution in [0.15, 0.2) is 24.3 Å². The molecule has 3 aliphatic rings. The van der Waals surface area contributed by atoms with Gasteiger partial charge in [-0.25, -0.2) is 0 Å². The Morgan fingerprint density at radius 1 is 1.07 bits per heavy atom. The fourth-order valence-corrected chi connectivity index (χ4v) is 4.11. The van der Waals surface area contributed by atoms with Crippen molar-refractivity contribution in [3.8, 4) is 0 Å². The lowest BCUT2D eigenvalue weighted by Gasteiger charge is -2.33. The van der Waals surface area contributed by atoms with Crippen LogP contribution in [0.25, 0.3) is 0 Å². The number of likely N-dealkylation sites (tertiary alicyclic amines) is 1. The Morgan fingerprint density at radius 3 is 2.48 bits per heavy atom. The molecule has 2 aliphatic heterocycles. The average Bonchev–Trinajstić information content (AvgIpc) is 3.43. The Balaban J connectivity index is 1.29. The molecule has 1 aliphatic carbocycles. The molecule has 144 valence electrons. The molecule has 1 N–H and O–H groups in total. The van der Waals surface area contributed by atoms with Crippen molar-refractivity contribution in [2.75, 3.05) is 24.5 Å². The number of nitrogens with zero attached hydrogens (tertiary/aromatic N) is 2. The molecule has 3 amide bonds. The first-order chi connectivity index (χ1) is 13.0. The van der Waals surface area contributed by atoms with Gasteiger partial charge in [0.15, 0.2) is 0 Å². The van der Waals surface area contributed by atoms with Crippen LogP contribution in [-0.2, 0) is 14.4 Å². The molecule has 0 aromatic heterocycles. The first-order valence-corrected chi connectivity index (χ1v) is 10.0. The van der Waals surface area contributed by atoms with E-state index in [1.807, 2.05) is 11.0 Å². The number of rotatable bonds is 4. The summed E-state index contributed by atoms with van der Waals surface area (Å²) in [7, 11) is 0. The van der Waals surface area contributed by atoms with Gasteiger partial charge in [-0.15, -0.1) is 0 Å². The van der Waals surface area contributed by atoms with Gasteiger partial charge in [-0.05, 0) is 43.9 Å². The number of piperidine rings is 1. The summed E-state index contributed by atoms with van der Waals surface area (Å²) >= 11 is 6.01. The number of amides is 3. The minimum absolute atomic E-state index is 0.0535. The van der Waals surface area contributed by atoms with Gasteiger partial charge in [-0.2, -0.15) is 0 Å². The predicted molar refractivity (Wildman–Crippen MR) is 102 cm³/mol. The van der Waals surface area contributed by atoms with Crippen molar-refractivity contribution in [3.63, 3.8) is 0 Å². The van der Waals surface area contributed by atoms with E-state index in [0.29, 0.717) is 24.7 Å². The zero-order chi connectivity index (χ0) is 19.0. The number of anilines is 1. The second kappa shape index (κ2) is 7.50. The number of nitrogens with one attached hydrogen (secondary N) is 1. The van der Waals surface area contributed by atoms with Crippen molar-refractivity contribution in [3.05, 3.63) is 29.3 Å². The van der Waals surface area contributed by atoms with E-state index in [1.54, 1.807) is 23.1 Å². The third-order valence-corrected chi connectivity index (χ3v) is 5.93. The maximum absolute atomic E-state index is 12.6. The summed E-state index contributed by atoms with van der Waals surface area (Å²) in [4.78, 5) is 40.7. The minimum Gasteiger partial charge on any atom is -0.353 e. The van der Waals surface area contributed by atoms with Gasteiger partial charge >= 0.3 is 0 Å². The van der Waals surface area contributed by atoms with Crippen LogP contribution >= 0.6 is 11.6 Å². The second-order valence-corrected chi connectivity index (χ2v) is 8.20. The summed E-state index contributed by atoms with van der Waals surface area (Å²) in [5, 5.41) is 3.66. The summed E-state index contributed by atoms with van der Waals surface area (Å²) in [6.07, 6.45) is 3.83. The van der Waals surface area contributed by atoms with Crippen molar-refractivity contribution in [1.82, 2.24) is 10.2 Å². The molecule has 2 saturated heterocycles. The molecule has 6 nitrogen and oxygen atoms in total. The standard InChI is InChI=1S/C20H24ClN3O3/c21-15-2-1-3-17(11-15)24-12-14(10-18(24)25)19(26)22-16-6-8-23(9-7-16)20(27)13-4-5-13/h1-3,11,13-14,16H,4-10,12H2,(H,22,26)/t14-/m1/s1. The van der Waals surface area contributed by atoms with Gasteiger partial charge in [-0.1, -0.05) is 17.7 Å². The van der Waals surface area contributed by atoms with Gasteiger partial charge in [-0.3, -0.25) is 14.4 Å². The second-order valence-electron chi connectivity index (χ2n) is 7.77. The van der Waals surface area contributed by atoms with Crippen molar-refractivity contribution in [1.29, 1.82) is 0 Å². The summed E-state index contributed by atoms with van der Waals surface area (Å²) in [6, 6.07) is 7.21. The third-order valence-electron chi connectivity index (χ3n) is 5.70. The molecule has 0 unspecified atom stereocenters. The molecule has 4 rings (SSSR count). The lowest BCUT2D eigenvalue weighted by Crippen LogP contribution is -2.48. The zero-order valence-corrected chi connectivity index (χ0v) is 16.0. The van der Waals surface area contributed by atoms with E-state index in [2.05, 4.69) is 5.32 Å². The molecule has 1 aromatic carbocycles. The van der Waals surface area contributed by atoms with Crippen molar-refractivity contribution in [2.45, 2.75) is 38.1 Å². The lowest BCUT2D eigenvalue weighted by atomic mass is 10.0. The molecule has 3 fully saturated rings. The van der Waals surface area contributed by atoms with Gasteiger partial charge in [0.05, 0.1) is 5.92 Å². The Bertz CT molecular complexity index is 757. The smallest absolute Gasteiger partial charge is 0.227 e. The van der Waals surface area contributed by atoms with E-state index in [0.717, 1.165) is 31.4 Å². The molecule has 1 aromatic rings. The number of benzene rings is 1. The number of carbonyl (C=O) groups is 3. The van der Waals surface area contributed by atoms with Crippen molar-refractivity contribution >= 4 is 35.0 Å². The van der Waals surface area contributed by atoms with Crippen LogP contribution in [0.2, 0.25) is 5.02 Å². The van der Waals surface area contributed by atoms with Crippen LogP contribution < -0.4 is 10.2 Å². The average molecular weight is 390 g/mol. The molecule has 0 spiro atoms. The van der Waals surface area contributed by atoms with E-state index in [4.69, 9.17) is 11.6 Å². The predicted octanol–water partition coefficient (Wildman–Crippen LogP) is 2.21. The minimum atomic E-state index is -0.345. The zero-order valence-electron chi connectivity index (χ0n) is 15.2. The van der Waals surface area contributed by atoms with Gasteiger partial charge in [0.25, 0.3) is 0 Å². The van der Waals surface area contributed by atoms with E-state index in [-0.39, 0.29) is 42.0 Å². The Labute approximate surface area is 163 Å². The van der Waals surface area contributed by atoms with Crippen molar-refractivity contribution in [2.24, 2.45) is 11.8 Å². The molecular weight excluding hydrogens is 366 g/mol. The van der Waals surface area contributed by atoms with E-state index < -0.39 is 0 Å². The van der Waals surface area contributed by atoms with Crippen molar-refractivity contribution < 1.29 is 14.4 Å². The summed E-state index contributed by atoms with van der Waals surface area (Å²) < 4.78 is 0. The Morgan fingerprint density at radius 2 is 1.81 bits per heavy atom. The van der Waals surface area contributed by atoms with E-state index >= 15 is 0 Å². The summed E-state index contributed by atoms with van der Waals surface area (Å²) in [5.41, 5.74) is 0.731. The normalized spacial score (nSPS) is 23.6. The molecule has 27 heavy (non-hydrogen) atoms. The quantitative estimate of drug-likeness (QED) is 0.858. The van der Waals surface area contributed by atoms with E-state index in [9.17, 15) is 14.4 Å². The highest BCUT2D eigenvalue weighted by Crippen LogP contribution is 2.32. The lowest BCUT2D eigenvalue weighted by molar-refractivity contribution is -0.134. The molecular formula is C20H24ClN3O3. The van der Waals surface area contributed by atoms with Gasteiger partial charge in [0.2, 0.25) is 17.7 Å². The number of carbonyl (C=O) groups excluding carboxylic acids is 3. The molecule has 2 heterocycles. The fraction of sp³-hybridized carbons (Fsp3) is 0.550. The highest BCUT2D eigenvalue weighted by molar-refractivity contribution is 6.31. The monoisotopic (exact) mass is 389 g/mol. The SMILES string of the molecule is O=C(NC1CCN(C(=O)C2CC2)CC1)[C@@H]1CC(=O)N(c2cccc(Cl)c2)C1. The Kier molecular flexibility index (Phi) is 5.08. The van der Waals surface area contributed by atoms with Gasteiger partial charge < -0.3 is 15.1 Å². The molecule has 7 heteroatoms. The number of hydrogen-bond acceptors (Lipinski definition) is 3. The molecule has 1 atom stereocenters. The van der Waals surface area contributed by atoms with Crippen LogP contribution in [0.4, 0.5) is 5.69 Å². The number of halogens is 1. The largest absolute Gasteiger partial charge is 0.353 e. The Hall–Kier alpha value is -2.08. The van der Waals surface area contributed by atoms with Gasteiger partial charge in [0, 0.05) is 48.7 Å². The maximum Gasteiger partial charge on any atom is 0.227 e. The van der Waals surface area contributed by atoms with Gasteiger partial charge in [0.1, 0.15) is 0 Å². The van der Waals surface area contributed by atoms with Crippen LogP contribution in [-0.4, -0.2) is 48.3 Å². The van der Waals surface area contributed by atoms with E-state index in [1.165, 1.54) is 0 Å². The van der Waals surface area contributed by atoms with Crippen LogP contribution in [0.3, 0.4) is 0 Å². The van der Waals surface area contributed by atoms with Crippen LogP contribution in [0.5, 0.6) is 0 Å². The highest BCUT2D eigenvalue weighted by atomic mass is 35.5. The maximum atomic E-state index is 12.6. The van der Waals surface area contributed by atoms with Crippen LogP contribution in [0, 0.1) is 11.8 Å². The first kappa shape index (κ1) is 18.3. The summed E-state index contributed by atoms with van der Waals surface area (Å²) in [5.74, 6) is 0.0566. The molecule has 0 bridgehead atoms.